The van der Waals surface area contributed by atoms with Crippen molar-refractivity contribution in [3.63, 3.8) is 0 Å². The summed E-state index contributed by atoms with van der Waals surface area (Å²) in [7, 11) is 1.63. The molecule has 0 atom stereocenters. The molecular weight excluding hydrogens is 382 g/mol. The summed E-state index contributed by atoms with van der Waals surface area (Å²) in [6.07, 6.45) is 11.4. The number of anilines is 1. The van der Waals surface area contributed by atoms with E-state index in [9.17, 15) is 4.79 Å². The summed E-state index contributed by atoms with van der Waals surface area (Å²) in [4.78, 5) is 23.0. The molecule has 0 unspecified atom stereocenters. The summed E-state index contributed by atoms with van der Waals surface area (Å²) in [6.45, 7) is 2.60. The number of rotatable bonds is 8. The lowest BCUT2D eigenvalue weighted by Crippen LogP contribution is -2.44. The minimum Gasteiger partial charge on any atom is -0.484 e. The third kappa shape index (κ3) is 5.05. The van der Waals surface area contributed by atoms with Crippen LogP contribution in [0, 0.1) is 11.3 Å². The number of allylic oxidation sites excluding steroid dienone is 1. The van der Waals surface area contributed by atoms with Crippen LogP contribution in [0.1, 0.15) is 44.6 Å². The topological polar surface area (TPSA) is 99.8 Å². The maximum atomic E-state index is 12.3. The zero-order valence-corrected chi connectivity index (χ0v) is 17.4. The summed E-state index contributed by atoms with van der Waals surface area (Å²) in [5.74, 6) is 1.18. The molecule has 1 amide bonds. The van der Waals surface area contributed by atoms with Gasteiger partial charge in [-0.3, -0.25) is 4.79 Å². The number of carbonyl (C=O) groups excluding carboxylic acids is 1. The molecule has 0 aromatic carbocycles. The molecule has 3 rings (SSSR count). The third-order valence-electron chi connectivity index (χ3n) is 5.29. The van der Waals surface area contributed by atoms with Crippen LogP contribution in [-0.2, 0) is 14.3 Å². The van der Waals surface area contributed by atoms with E-state index in [4.69, 9.17) is 14.7 Å². The van der Waals surface area contributed by atoms with E-state index in [0.29, 0.717) is 23.8 Å². The van der Waals surface area contributed by atoms with Gasteiger partial charge in [0.1, 0.15) is 24.1 Å². The summed E-state index contributed by atoms with van der Waals surface area (Å²) in [6, 6.07) is 5.52. The predicted molar refractivity (Wildman–Crippen MR) is 114 cm³/mol. The second kappa shape index (κ2) is 10.0. The molecule has 1 fully saturated rings. The van der Waals surface area contributed by atoms with E-state index in [2.05, 4.69) is 21.4 Å². The molecule has 1 aromatic heterocycles. The average Bonchev–Trinajstić information content (AvgIpc) is 2.76. The maximum Gasteiger partial charge on any atom is 0.250 e. The van der Waals surface area contributed by atoms with E-state index in [1.54, 1.807) is 31.6 Å². The average molecular weight is 409 g/mol. The molecule has 1 saturated carbocycles. The van der Waals surface area contributed by atoms with Crippen LogP contribution in [0.4, 0.5) is 5.82 Å². The fourth-order valence-corrected chi connectivity index (χ4v) is 3.41. The molecule has 2 heterocycles. The molecule has 0 radical (unpaired) electrons. The van der Waals surface area contributed by atoms with E-state index in [0.717, 1.165) is 37.8 Å². The first-order chi connectivity index (χ1) is 14.6. The smallest absolute Gasteiger partial charge is 0.250 e. The molecule has 158 valence electrons. The number of pyridine rings is 1. The predicted octanol–water partition coefficient (Wildman–Crippen LogP) is 3.03. The number of nitriles is 1. The number of amides is 1. The van der Waals surface area contributed by atoms with E-state index >= 15 is 0 Å². The Labute approximate surface area is 176 Å². The highest BCUT2D eigenvalue weighted by atomic mass is 16.5. The van der Waals surface area contributed by atoms with Gasteiger partial charge >= 0.3 is 0 Å². The van der Waals surface area contributed by atoms with Crippen molar-refractivity contribution >= 4 is 17.6 Å². The quantitative estimate of drug-likeness (QED) is 0.708. The van der Waals surface area contributed by atoms with Gasteiger partial charge in [-0.05, 0) is 44.7 Å². The van der Waals surface area contributed by atoms with Crippen molar-refractivity contribution in [3.8, 4) is 6.07 Å². The zero-order chi connectivity index (χ0) is 21.4. The first-order valence-electron chi connectivity index (χ1n) is 10.1. The lowest BCUT2D eigenvalue weighted by molar-refractivity contribution is -0.135. The molecule has 0 spiro atoms. The number of carbonyl (C=O) groups is 1. The number of aromatic nitrogens is 1. The molecule has 1 N–H and O–H groups in total. The normalized spacial score (nSPS) is 17.4. The van der Waals surface area contributed by atoms with Crippen molar-refractivity contribution in [2.45, 2.75) is 44.6 Å². The monoisotopic (exact) mass is 409 g/mol. The van der Waals surface area contributed by atoms with Gasteiger partial charge in [0.25, 0.3) is 0 Å². The highest BCUT2D eigenvalue weighted by Crippen LogP contribution is 2.43. The first kappa shape index (κ1) is 21.5. The van der Waals surface area contributed by atoms with Gasteiger partial charge in [0, 0.05) is 31.6 Å². The van der Waals surface area contributed by atoms with Crippen LogP contribution in [-0.4, -0.2) is 42.7 Å². The molecule has 0 bridgehead atoms. The van der Waals surface area contributed by atoms with E-state index < -0.39 is 5.60 Å². The van der Waals surface area contributed by atoms with Crippen LogP contribution in [0.15, 0.2) is 47.5 Å². The standard InChI is InChI=1S/C22H27N5O3/c1-3-27(19-9-8-17(14-23)15-25-19)13-12-24-20(28)16-30-22(10-5-11-22)18-6-4-7-21(26-18)29-2/h6,8-9,12-13,15H,3-5,7,10-11,16H2,1-2H3,(H,24,28)/b13-12+. The summed E-state index contributed by atoms with van der Waals surface area (Å²) in [5.41, 5.74) is 0.904. The Kier molecular flexibility index (Phi) is 7.20. The number of aliphatic imine (C=N–C) groups is 1. The van der Waals surface area contributed by atoms with Crippen molar-refractivity contribution in [1.82, 2.24) is 10.3 Å². The van der Waals surface area contributed by atoms with Crippen molar-refractivity contribution in [1.29, 1.82) is 5.26 Å². The Balaban J connectivity index is 1.53. The van der Waals surface area contributed by atoms with Crippen molar-refractivity contribution in [3.05, 3.63) is 48.1 Å². The van der Waals surface area contributed by atoms with Crippen molar-refractivity contribution < 1.29 is 14.3 Å². The van der Waals surface area contributed by atoms with E-state index in [1.807, 2.05) is 17.9 Å². The van der Waals surface area contributed by atoms with Gasteiger partial charge in [-0.1, -0.05) is 6.08 Å². The van der Waals surface area contributed by atoms with Gasteiger partial charge in [0.15, 0.2) is 5.90 Å². The van der Waals surface area contributed by atoms with Crippen molar-refractivity contribution in [2.75, 3.05) is 25.2 Å². The molecule has 1 aromatic rings. The second-order valence-corrected chi connectivity index (χ2v) is 7.16. The molecule has 2 aliphatic rings. The number of methoxy groups -OCH3 is 1. The van der Waals surface area contributed by atoms with E-state index in [-0.39, 0.29) is 12.5 Å². The molecule has 8 nitrogen and oxygen atoms in total. The van der Waals surface area contributed by atoms with Crippen LogP contribution in [0.25, 0.3) is 0 Å². The Morgan fingerprint density at radius 2 is 2.27 bits per heavy atom. The number of hydrogen-bond donors (Lipinski definition) is 1. The summed E-state index contributed by atoms with van der Waals surface area (Å²) >= 11 is 0. The van der Waals surface area contributed by atoms with Crippen LogP contribution in [0.3, 0.4) is 0 Å². The van der Waals surface area contributed by atoms with Crippen LogP contribution in [0.2, 0.25) is 0 Å². The fourth-order valence-electron chi connectivity index (χ4n) is 3.41. The first-order valence-corrected chi connectivity index (χ1v) is 10.1. The fraction of sp³-hybridized carbons (Fsp3) is 0.455. The van der Waals surface area contributed by atoms with Gasteiger partial charge in [-0.25, -0.2) is 9.98 Å². The molecule has 0 saturated heterocycles. The maximum absolute atomic E-state index is 12.3. The number of hydrogen-bond acceptors (Lipinski definition) is 7. The SMILES string of the molecule is CCN(/C=C/NC(=O)COC1(C2=CCCC(OC)=N2)CCC1)c1ccc(C#N)cn1. The number of nitrogens with one attached hydrogen (secondary N) is 1. The number of ether oxygens (including phenoxy) is 2. The number of nitrogens with zero attached hydrogens (tertiary/aromatic N) is 4. The van der Waals surface area contributed by atoms with Gasteiger partial charge in [-0.15, -0.1) is 0 Å². The Hall–Kier alpha value is -3.18. The molecule has 1 aliphatic heterocycles. The highest BCUT2D eigenvalue weighted by molar-refractivity contribution is 5.79. The van der Waals surface area contributed by atoms with Crippen LogP contribution < -0.4 is 10.2 Å². The molecule has 30 heavy (non-hydrogen) atoms. The largest absolute Gasteiger partial charge is 0.484 e. The third-order valence-corrected chi connectivity index (χ3v) is 5.29. The Morgan fingerprint density at radius 3 is 2.87 bits per heavy atom. The minimum atomic E-state index is -0.479. The molecule has 8 heteroatoms. The zero-order valence-electron chi connectivity index (χ0n) is 17.4. The van der Waals surface area contributed by atoms with Crippen LogP contribution in [0.5, 0.6) is 0 Å². The second-order valence-electron chi connectivity index (χ2n) is 7.16. The summed E-state index contributed by atoms with van der Waals surface area (Å²) < 4.78 is 11.3. The molecule has 1 aliphatic carbocycles. The highest BCUT2D eigenvalue weighted by Gasteiger charge is 2.43. The lowest BCUT2D eigenvalue weighted by atomic mass is 9.76. The van der Waals surface area contributed by atoms with E-state index in [1.165, 1.54) is 6.20 Å². The van der Waals surface area contributed by atoms with Gasteiger partial charge in [0.05, 0.1) is 18.4 Å². The van der Waals surface area contributed by atoms with Gasteiger partial charge in [-0.2, -0.15) is 5.26 Å². The minimum absolute atomic E-state index is 0.0409. The van der Waals surface area contributed by atoms with Gasteiger partial charge < -0.3 is 19.7 Å². The molecular formula is C22H27N5O3. The Morgan fingerprint density at radius 1 is 1.43 bits per heavy atom. The van der Waals surface area contributed by atoms with Crippen molar-refractivity contribution in [2.24, 2.45) is 4.99 Å². The van der Waals surface area contributed by atoms with Crippen LogP contribution >= 0.6 is 0 Å². The summed E-state index contributed by atoms with van der Waals surface area (Å²) in [5, 5.41) is 11.6. The Bertz CT molecular complexity index is 879. The lowest BCUT2D eigenvalue weighted by Gasteiger charge is -2.42. The van der Waals surface area contributed by atoms with Gasteiger partial charge in [0.2, 0.25) is 5.91 Å².